The number of hydrogen-bond acceptors (Lipinski definition) is 4. The van der Waals surface area contributed by atoms with E-state index in [-0.39, 0.29) is 41.1 Å². The second-order valence-electron chi connectivity index (χ2n) is 11.2. The number of anilines is 1. The van der Waals surface area contributed by atoms with Crippen LogP contribution >= 0.6 is 0 Å². The highest BCUT2D eigenvalue weighted by atomic mass is 32.2. The molecule has 3 fully saturated rings. The SMILES string of the molecule is CC1CC(C)CN(C(=O)C2CCCN(S(=O)(=O)c3ccc4c(c3)CC(C)N4C(=O)C3CC3)C2)C1. The average molecular weight is 488 g/mol. The van der Waals surface area contributed by atoms with Gasteiger partial charge in [-0.3, -0.25) is 9.59 Å². The summed E-state index contributed by atoms with van der Waals surface area (Å²) in [6, 6.07) is 5.24. The number of carbonyl (C=O) groups is 2. The van der Waals surface area contributed by atoms with Gasteiger partial charge in [0.1, 0.15) is 0 Å². The summed E-state index contributed by atoms with van der Waals surface area (Å²) in [5, 5.41) is 0. The molecule has 186 valence electrons. The van der Waals surface area contributed by atoms with Gasteiger partial charge in [0.25, 0.3) is 0 Å². The molecule has 2 amide bonds. The predicted molar refractivity (Wildman–Crippen MR) is 131 cm³/mol. The molecule has 3 aliphatic heterocycles. The lowest BCUT2D eigenvalue weighted by atomic mass is 9.90. The van der Waals surface area contributed by atoms with E-state index in [1.165, 1.54) is 4.31 Å². The Labute approximate surface area is 203 Å². The van der Waals surface area contributed by atoms with E-state index in [1.807, 2.05) is 16.7 Å². The van der Waals surface area contributed by atoms with Crippen molar-refractivity contribution in [3.05, 3.63) is 23.8 Å². The van der Waals surface area contributed by atoms with Gasteiger partial charge in [-0.25, -0.2) is 8.42 Å². The number of sulfonamides is 1. The molecule has 8 heteroatoms. The van der Waals surface area contributed by atoms with Crippen molar-refractivity contribution in [2.75, 3.05) is 31.1 Å². The van der Waals surface area contributed by atoms with Crippen molar-refractivity contribution in [3.8, 4) is 0 Å². The van der Waals surface area contributed by atoms with Gasteiger partial charge in [-0.05, 0) is 81.0 Å². The van der Waals surface area contributed by atoms with Crippen molar-refractivity contribution in [2.45, 2.75) is 70.2 Å². The fourth-order valence-electron chi connectivity index (χ4n) is 6.24. The normalized spacial score (nSPS) is 30.3. The highest BCUT2D eigenvalue weighted by Gasteiger charge is 2.41. The molecule has 4 unspecified atom stereocenters. The molecule has 4 atom stereocenters. The molecular formula is C26H37N3O4S. The van der Waals surface area contributed by atoms with E-state index in [0.717, 1.165) is 50.0 Å². The number of likely N-dealkylation sites (tertiary alicyclic amines) is 1. The van der Waals surface area contributed by atoms with Gasteiger partial charge in [-0.1, -0.05) is 13.8 Å². The Bertz CT molecular complexity index is 1070. The second kappa shape index (κ2) is 8.94. The lowest BCUT2D eigenvalue weighted by Crippen LogP contribution is -2.50. The summed E-state index contributed by atoms with van der Waals surface area (Å²) < 4.78 is 28.6. The zero-order chi connectivity index (χ0) is 24.2. The molecule has 7 nitrogen and oxygen atoms in total. The quantitative estimate of drug-likeness (QED) is 0.653. The molecule has 0 spiro atoms. The largest absolute Gasteiger partial charge is 0.342 e. The summed E-state index contributed by atoms with van der Waals surface area (Å²) in [4.78, 5) is 30.1. The minimum absolute atomic E-state index is 0.0485. The van der Waals surface area contributed by atoms with Crippen LogP contribution in [0.25, 0.3) is 0 Å². The molecular weight excluding hydrogens is 450 g/mol. The summed E-state index contributed by atoms with van der Waals surface area (Å²) in [6.45, 7) is 8.62. The Morgan fingerprint density at radius 2 is 1.62 bits per heavy atom. The number of benzene rings is 1. The van der Waals surface area contributed by atoms with Crippen molar-refractivity contribution in [1.29, 1.82) is 0 Å². The third kappa shape index (κ3) is 4.39. The molecule has 1 aromatic carbocycles. The summed E-state index contributed by atoms with van der Waals surface area (Å²) in [7, 11) is -3.70. The zero-order valence-corrected chi connectivity index (χ0v) is 21.4. The van der Waals surface area contributed by atoms with E-state index in [4.69, 9.17) is 0 Å². The van der Waals surface area contributed by atoms with Gasteiger partial charge in [-0.2, -0.15) is 4.31 Å². The predicted octanol–water partition coefficient (Wildman–Crippen LogP) is 3.28. The van der Waals surface area contributed by atoms with Crippen LogP contribution in [-0.4, -0.2) is 61.7 Å². The minimum atomic E-state index is -3.70. The van der Waals surface area contributed by atoms with Crippen molar-refractivity contribution >= 4 is 27.5 Å². The number of piperidine rings is 2. The Kier molecular flexibility index (Phi) is 6.25. The van der Waals surface area contributed by atoms with Crippen LogP contribution in [-0.2, 0) is 26.0 Å². The molecule has 1 aromatic rings. The molecule has 5 rings (SSSR count). The third-order valence-corrected chi connectivity index (χ3v) is 9.84. The van der Waals surface area contributed by atoms with E-state index in [1.54, 1.807) is 18.2 Å². The Balaban J connectivity index is 1.32. The van der Waals surface area contributed by atoms with Gasteiger partial charge < -0.3 is 9.80 Å². The Hall–Kier alpha value is -1.93. The molecule has 1 saturated carbocycles. The van der Waals surface area contributed by atoms with Crippen LogP contribution in [0.15, 0.2) is 23.1 Å². The molecule has 34 heavy (non-hydrogen) atoms. The summed E-state index contributed by atoms with van der Waals surface area (Å²) in [6.07, 6.45) is 5.14. The maximum Gasteiger partial charge on any atom is 0.243 e. The second-order valence-corrected chi connectivity index (χ2v) is 13.2. The van der Waals surface area contributed by atoms with Crippen molar-refractivity contribution in [3.63, 3.8) is 0 Å². The summed E-state index contributed by atoms with van der Waals surface area (Å²) >= 11 is 0. The molecule has 0 N–H and O–H groups in total. The van der Waals surface area contributed by atoms with Crippen molar-refractivity contribution in [2.24, 2.45) is 23.7 Å². The maximum atomic E-state index is 13.6. The van der Waals surface area contributed by atoms with Crippen LogP contribution in [0.2, 0.25) is 0 Å². The van der Waals surface area contributed by atoms with Gasteiger partial charge in [0.2, 0.25) is 21.8 Å². The fraction of sp³-hybridized carbons (Fsp3) is 0.692. The number of hydrogen-bond donors (Lipinski definition) is 0. The van der Waals surface area contributed by atoms with Gasteiger partial charge in [-0.15, -0.1) is 0 Å². The van der Waals surface area contributed by atoms with Crippen molar-refractivity contribution < 1.29 is 18.0 Å². The number of fused-ring (bicyclic) bond motifs is 1. The van der Waals surface area contributed by atoms with Crippen molar-refractivity contribution in [1.82, 2.24) is 9.21 Å². The molecule has 0 aromatic heterocycles. The summed E-state index contributed by atoms with van der Waals surface area (Å²) in [5.74, 6) is 1.09. The van der Waals surface area contributed by atoms with E-state index in [0.29, 0.717) is 31.2 Å². The van der Waals surface area contributed by atoms with Gasteiger partial charge in [0.15, 0.2) is 0 Å². The molecule has 4 aliphatic rings. The van der Waals surface area contributed by atoms with Crippen LogP contribution in [0, 0.1) is 23.7 Å². The Morgan fingerprint density at radius 1 is 0.912 bits per heavy atom. The van der Waals surface area contributed by atoms with E-state index in [9.17, 15) is 18.0 Å². The van der Waals surface area contributed by atoms with Gasteiger partial charge in [0, 0.05) is 43.8 Å². The minimum Gasteiger partial charge on any atom is -0.342 e. The monoisotopic (exact) mass is 487 g/mol. The van der Waals surface area contributed by atoms with Crippen LogP contribution < -0.4 is 4.90 Å². The first-order valence-corrected chi connectivity index (χ1v) is 14.3. The fourth-order valence-corrected chi connectivity index (χ4v) is 7.82. The lowest BCUT2D eigenvalue weighted by Gasteiger charge is -2.39. The standard InChI is InChI=1S/C26H37N3O4S/c1-17-11-18(2)15-27(14-17)25(30)21-5-4-10-28(16-21)34(32,33)23-8-9-24-22(13-23)12-19(3)29(24)26(31)20-6-7-20/h8-9,13,17-21H,4-7,10-12,14-16H2,1-3H3. The number of rotatable bonds is 4. The van der Waals surface area contributed by atoms with E-state index < -0.39 is 10.0 Å². The number of carbonyl (C=O) groups excluding carboxylic acids is 2. The molecule has 1 aliphatic carbocycles. The van der Waals surface area contributed by atoms with E-state index >= 15 is 0 Å². The van der Waals surface area contributed by atoms with E-state index in [2.05, 4.69) is 13.8 Å². The molecule has 0 radical (unpaired) electrons. The van der Waals surface area contributed by atoms with Crippen LogP contribution in [0.3, 0.4) is 0 Å². The molecule has 0 bridgehead atoms. The molecule has 2 saturated heterocycles. The first-order valence-electron chi connectivity index (χ1n) is 12.9. The van der Waals surface area contributed by atoms with Crippen LogP contribution in [0.4, 0.5) is 5.69 Å². The highest BCUT2D eigenvalue weighted by molar-refractivity contribution is 7.89. The third-order valence-electron chi connectivity index (χ3n) is 7.98. The first-order chi connectivity index (χ1) is 16.1. The maximum absolute atomic E-state index is 13.6. The number of amides is 2. The summed E-state index contributed by atoms with van der Waals surface area (Å²) in [5.41, 5.74) is 1.77. The molecule has 3 heterocycles. The topological polar surface area (TPSA) is 78.0 Å². The van der Waals surface area contributed by atoms with Gasteiger partial charge >= 0.3 is 0 Å². The highest BCUT2D eigenvalue weighted by Crippen LogP contribution is 2.40. The van der Waals surface area contributed by atoms with Crippen LogP contribution in [0.1, 0.15) is 58.4 Å². The average Bonchev–Trinajstić information content (AvgIpc) is 3.59. The van der Waals surface area contributed by atoms with Gasteiger partial charge in [0.05, 0.1) is 10.8 Å². The lowest BCUT2D eigenvalue weighted by molar-refractivity contribution is -0.139. The first kappa shape index (κ1) is 23.8. The zero-order valence-electron chi connectivity index (χ0n) is 20.6. The smallest absolute Gasteiger partial charge is 0.243 e. The van der Waals surface area contributed by atoms with Crippen LogP contribution in [0.5, 0.6) is 0 Å². The Morgan fingerprint density at radius 3 is 2.29 bits per heavy atom. The number of nitrogens with zero attached hydrogens (tertiary/aromatic N) is 3.